The normalized spacial score (nSPS) is 11.8. The van der Waals surface area contributed by atoms with Gasteiger partial charge in [0.1, 0.15) is 10.0 Å². The standard InChI is InChI=1S/C10H14N4O2S2/c1-11-5-8-4-10(17-7-8)18(15,16)14-6-9-12-2-3-13-9/h2-4,7,11,14H,5-6H2,1H3,(H,12,13). The van der Waals surface area contributed by atoms with Crippen LogP contribution in [0.5, 0.6) is 0 Å². The molecular formula is C10H14N4O2S2. The second-order valence-electron chi connectivity index (χ2n) is 3.66. The second-order valence-corrected chi connectivity index (χ2v) is 6.57. The minimum absolute atomic E-state index is 0.161. The predicted molar refractivity (Wildman–Crippen MR) is 69.7 cm³/mol. The molecule has 2 aromatic rings. The molecule has 0 radical (unpaired) electrons. The lowest BCUT2D eigenvalue weighted by Gasteiger charge is -2.02. The average molecular weight is 286 g/mol. The first-order valence-corrected chi connectivity index (χ1v) is 7.68. The highest BCUT2D eigenvalue weighted by Crippen LogP contribution is 2.20. The number of aromatic amines is 1. The molecule has 0 fully saturated rings. The summed E-state index contributed by atoms with van der Waals surface area (Å²) >= 11 is 1.21. The number of hydrogen-bond acceptors (Lipinski definition) is 5. The Kier molecular flexibility index (Phi) is 4.12. The highest BCUT2D eigenvalue weighted by Gasteiger charge is 2.16. The molecule has 0 atom stereocenters. The summed E-state index contributed by atoms with van der Waals surface area (Å²) in [6, 6.07) is 1.67. The van der Waals surface area contributed by atoms with Crippen molar-refractivity contribution in [1.29, 1.82) is 0 Å². The van der Waals surface area contributed by atoms with E-state index < -0.39 is 10.0 Å². The second kappa shape index (κ2) is 5.61. The number of imidazole rings is 1. The van der Waals surface area contributed by atoms with E-state index in [0.717, 1.165) is 5.56 Å². The van der Waals surface area contributed by atoms with Crippen molar-refractivity contribution in [2.75, 3.05) is 7.05 Å². The van der Waals surface area contributed by atoms with Gasteiger partial charge < -0.3 is 10.3 Å². The zero-order valence-corrected chi connectivity index (χ0v) is 11.4. The van der Waals surface area contributed by atoms with Crippen molar-refractivity contribution in [3.8, 4) is 0 Å². The molecule has 0 saturated carbocycles. The third-order valence-electron chi connectivity index (χ3n) is 2.26. The van der Waals surface area contributed by atoms with E-state index in [2.05, 4.69) is 20.0 Å². The van der Waals surface area contributed by atoms with Gasteiger partial charge in [-0.15, -0.1) is 11.3 Å². The Hall–Kier alpha value is -1.22. The van der Waals surface area contributed by atoms with Crippen molar-refractivity contribution >= 4 is 21.4 Å². The summed E-state index contributed by atoms with van der Waals surface area (Å²) in [6.07, 6.45) is 3.24. The molecule has 8 heteroatoms. The van der Waals surface area contributed by atoms with Crippen molar-refractivity contribution < 1.29 is 8.42 Å². The van der Waals surface area contributed by atoms with Gasteiger partial charge in [-0.2, -0.15) is 0 Å². The zero-order valence-electron chi connectivity index (χ0n) is 9.80. The van der Waals surface area contributed by atoms with Gasteiger partial charge in [-0.1, -0.05) is 0 Å². The first-order chi connectivity index (χ1) is 8.62. The molecule has 6 nitrogen and oxygen atoms in total. The van der Waals surface area contributed by atoms with Crippen LogP contribution < -0.4 is 10.0 Å². The quantitative estimate of drug-likeness (QED) is 0.728. The molecule has 0 aliphatic rings. The van der Waals surface area contributed by atoms with Gasteiger partial charge in [-0.3, -0.25) is 0 Å². The van der Waals surface area contributed by atoms with Crippen molar-refractivity contribution in [3.63, 3.8) is 0 Å². The lowest BCUT2D eigenvalue weighted by atomic mass is 10.3. The van der Waals surface area contributed by atoms with Crippen LogP contribution in [0.3, 0.4) is 0 Å². The Labute approximate surface area is 110 Å². The number of thiophene rings is 1. The molecule has 2 rings (SSSR count). The smallest absolute Gasteiger partial charge is 0.250 e. The maximum Gasteiger partial charge on any atom is 0.250 e. The molecule has 2 heterocycles. The summed E-state index contributed by atoms with van der Waals surface area (Å²) in [6.45, 7) is 0.818. The molecule has 2 aromatic heterocycles. The van der Waals surface area contributed by atoms with Gasteiger partial charge in [-0.25, -0.2) is 18.1 Å². The van der Waals surface area contributed by atoms with Gasteiger partial charge in [-0.05, 0) is 24.1 Å². The summed E-state index contributed by atoms with van der Waals surface area (Å²) in [5.74, 6) is 0.588. The lowest BCUT2D eigenvalue weighted by molar-refractivity contribution is 0.581. The Morgan fingerprint density at radius 1 is 1.44 bits per heavy atom. The van der Waals surface area contributed by atoms with Gasteiger partial charge in [0.05, 0.1) is 6.54 Å². The number of nitrogens with zero attached hydrogens (tertiary/aromatic N) is 1. The van der Waals surface area contributed by atoms with E-state index in [1.165, 1.54) is 11.3 Å². The molecule has 18 heavy (non-hydrogen) atoms. The van der Waals surface area contributed by atoms with Crippen LogP contribution in [0.4, 0.5) is 0 Å². The molecule has 3 N–H and O–H groups in total. The molecule has 98 valence electrons. The number of hydrogen-bond donors (Lipinski definition) is 3. The monoisotopic (exact) mass is 286 g/mol. The van der Waals surface area contributed by atoms with Crippen LogP contribution in [-0.4, -0.2) is 25.4 Å². The van der Waals surface area contributed by atoms with Gasteiger partial charge in [0.2, 0.25) is 10.0 Å². The summed E-state index contributed by atoms with van der Waals surface area (Å²) < 4.78 is 26.8. The molecule has 0 aliphatic carbocycles. The van der Waals surface area contributed by atoms with E-state index >= 15 is 0 Å². The fourth-order valence-electron chi connectivity index (χ4n) is 1.42. The van der Waals surface area contributed by atoms with Gasteiger partial charge in [0.25, 0.3) is 0 Å². The van der Waals surface area contributed by atoms with Crippen molar-refractivity contribution in [1.82, 2.24) is 20.0 Å². The molecule has 0 amide bonds. The Bertz CT molecular complexity index is 589. The number of sulfonamides is 1. The Morgan fingerprint density at radius 2 is 2.28 bits per heavy atom. The van der Waals surface area contributed by atoms with Crippen LogP contribution in [0.2, 0.25) is 0 Å². The maximum atomic E-state index is 12.0. The minimum Gasteiger partial charge on any atom is -0.347 e. The molecule has 0 aromatic carbocycles. The van der Waals surface area contributed by atoms with Crippen molar-refractivity contribution in [2.24, 2.45) is 0 Å². The zero-order chi connectivity index (χ0) is 13.0. The van der Waals surface area contributed by atoms with E-state index in [-0.39, 0.29) is 6.54 Å². The summed E-state index contributed by atoms with van der Waals surface area (Å²) in [4.78, 5) is 6.80. The Morgan fingerprint density at radius 3 is 2.94 bits per heavy atom. The third kappa shape index (κ3) is 3.16. The van der Waals surface area contributed by atoms with Crippen molar-refractivity contribution in [2.45, 2.75) is 17.3 Å². The number of nitrogens with one attached hydrogen (secondary N) is 3. The minimum atomic E-state index is -3.45. The SMILES string of the molecule is CNCc1csc(S(=O)(=O)NCc2ncc[nH]2)c1. The Balaban J connectivity index is 2.05. The molecule has 0 unspecified atom stereocenters. The lowest BCUT2D eigenvalue weighted by Crippen LogP contribution is -2.23. The summed E-state index contributed by atoms with van der Waals surface area (Å²) in [5.41, 5.74) is 0.959. The molecule has 0 aliphatic heterocycles. The van der Waals surface area contributed by atoms with Crippen LogP contribution in [0.15, 0.2) is 28.0 Å². The van der Waals surface area contributed by atoms with E-state index in [4.69, 9.17) is 0 Å². The van der Waals surface area contributed by atoms with Crippen molar-refractivity contribution in [3.05, 3.63) is 35.2 Å². The highest BCUT2D eigenvalue weighted by molar-refractivity contribution is 7.91. The number of rotatable bonds is 6. The van der Waals surface area contributed by atoms with E-state index in [9.17, 15) is 8.42 Å². The van der Waals surface area contributed by atoms with Gasteiger partial charge in [0.15, 0.2) is 0 Å². The molecule has 0 bridgehead atoms. The van der Waals surface area contributed by atoms with E-state index in [0.29, 0.717) is 16.6 Å². The van der Waals surface area contributed by atoms with E-state index in [1.807, 2.05) is 12.4 Å². The maximum absolute atomic E-state index is 12.0. The molecule has 0 saturated heterocycles. The average Bonchev–Trinajstić information content (AvgIpc) is 2.98. The molecular weight excluding hydrogens is 272 g/mol. The van der Waals surface area contributed by atoms with Crippen LogP contribution in [-0.2, 0) is 23.1 Å². The first-order valence-electron chi connectivity index (χ1n) is 5.32. The van der Waals surface area contributed by atoms with E-state index in [1.54, 1.807) is 18.5 Å². The van der Waals surface area contributed by atoms with Gasteiger partial charge in [0, 0.05) is 18.9 Å². The highest BCUT2D eigenvalue weighted by atomic mass is 32.2. The predicted octanol–water partition coefficient (Wildman–Crippen LogP) is 0.669. The fraction of sp³-hybridized carbons (Fsp3) is 0.300. The van der Waals surface area contributed by atoms with Crippen LogP contribution in [0.25, 0.3) is 0 Å². The number of H-pyrrole nitrogens is 1. The summed E-state index contributed by atoms with van der Waals surface area (Å²) in [5, 5.41) is 4.81. The molecule has 0 spiro atoms. The van der Waals surface area contributed by atoms with Crippen LogP contribution in [0, 0.1) is 0 Å². The van der Waals surface area contributed by atoms with Gasteiger partial charge >= 0.3 is 0 Å². The third-order valence-corrected chi connectivity index (χ3v) is 5.15. The van der Waals surface area contributed by atoms with Crippen LogP contribution >= 0.6 is 11.3 Å². The fourth-order valence-corrected chi connectivity index (χ4v) is 3.66. The van der Waals surface area contributed by atoms with Crippen LogP contribution in [0.1, 0.15) is 11.4 Å². The topological polar surface area (TPSA) is 86.9 Å². The summed E-state index contributed by atoms with van der Waals surface area (Å²) in [7, 11) is -1.63. The first kappa shape index (κ1) is 13.2. The largest absolute Gasteiger partial charge is 0.347 e. The number of aromatic nitrogens is 2.